The Balaban J connectivity index is 2.28. The highest BCUT2D eigenvalue weighted by Crippen LogP contribution is 2.20. The van der Waals surface area contributed by atoms with Gasteiger partial charge in [-0.25, -0.2) is 0 Å². The number of carbonyl (C=O) groups is 1. The summed E-state index contributed by atoms with van der Waals surface area (Å²) in [6.07, 6.45) is 3.05. The minimum atomic E-state index is -0.211. The SMILES string of the molecule is CC(=O)N1CCCN(CCCC(C)(C)C#N)CC1. The van der Waals surface area contributed by atoms with Gasteiger partial charge in [-0.05, 0) is 46.2 Å². The van der Waals surface area contributed by atoms with Gasteiger partial charge in [0.1, 0.15) is 0 Å². The molecule has 1 saturated heterocycles. The molecule has 1 amide bonds. The van der Waals surface area contributed by atoms with Crippen molar-refractivity contribution in [3.05, 3.63) is 0 Å². The second-order valence-electron chi connectivity index (χ2n) is 5.80. The third-order valence-corrected chi connectivity index (χ3v) is 3.61. The average Bonchev–Trinajstić information content (AvgIpc) is 2.54. The Bertz CT molecular complexity index is 319. The zero-order chi connectivity index (χ0) is 13.6. The first-order chi connectivity index (χ1) is 8.44. The molecule has 0 aromatic rings. The maximum Gasteiger partial charge on any atom is 0.219 e. The molecule has 0 aliphatic carbocycles. The zero-order valence-corrected chi connectivity index (χ0v) is 11.9. The second-order valence-corrected chi connectivity index (χ2v) is 5.80. The zero-order valence-electron chi connectivity index (χ0n) is 11.9. The Hall–Kier alpha value is -1.08. The van der Waals surface area contributed by atoms with Crippen molar-refractivity contribution < 1.29 is 4.79 Å². The Morgan fingerprint density at radius 1 is 1.28 bits per heavy atom. The van der Waals surface area contributed by atoms with Crippen LogP contribution in [0.25, 0.3) is 0 Å². The van der Waals surface area contributed by atoms with Crippen molar-refractivity contribution in [1.29, 1.82) is 5.26 Å². The van der Waals surface area contributed by atoms with Gasteiger partial charge in [0.2, 0.25) is 5.91 Å². The van der Waals surface area contributed by atoms with E-state index in [1.165, 1.54) is 0 Å². The Morgan fingerprint density at radius 3 is 2.61 bits per heavy atom. The number of hydrogen-bond acceptors (Lipinski definition) is 3. The van der Waals surface area contributed by atoms with E-state index in [0.717, 1.165) is 52.0 Å². The van der Waals surface area contributed by atoms with E-state index in [4.69, 9.17) is 5.26 Å². The molecule has 0 saturated carbocycles. The topological polar surface area (TPSA) is 47.3 Å². The Morgan fingerprint density at radius 2 is 2.00 bits per heavy atom. The number of nitrogens with zero attached hydrogens (tertiary/aromatic N) is 3. The van der Waals surface area contributed by atoms with Gasteiger partial charge in [0, 0.05) is 26.6 Å². The molecule has 0 aromatic heterocycles. The van der Waals surface area contributed by atoms with Crippen LogP contribution in [0.15, 0.2) is 0 Å². The Labute approximate surface area is 111 Å². The van der Waals surface area contributed by atoms with Crippen LogP contribution in [0, 0.1) is 16.7 Å². The minimum Gasteiger partial charge on any atom is -0.342 e. The first kappa shape index (κ1) is 15.0. The number of carbonyl (C=O) groups excluding carboxylic acids is 1. The average molecular weight is 251 g/mol. The summed E-state index contributed by atoms with van der Waals surface area (Å²) < 4.78 is 0. The predicted octanol–water partition coefficient (Wildman–Crippen LogP) is 1.87. The second kappa shape index (κ2) is 6.75. The van der Waals surface area contributed by atoms with Gasteiger partial charge in [-0.1, -0.05) is 0 Å². The molecule has 1 heterocycles. The van der Waals surface area contributed by atoms with Crippen molar-refractivity contribution >= 4 is 5.91 Å². The summed E-state index contributed by atoms with van der Waals surface area (Å²) in [5.74, 6) is 0.183. The molecule has 1 aliphatic rings. The number of rotatable bonds is 4. The van der Waals surface area contributed by atoms with Crippen molar-refractivity contribution in [2.75, 3.05) is 32.7 Å². The van der Waals surface area contributed by atoms with Gasteiger partial charge in [-0.2, -0.15) is 5.26 Å². The molecule has 1 fully saturated rings. The number of nitriles is 1. The first-order valence-corrected chi connectivity index (χ1v) is 6.84. The van der Waals surface area contributed by atoms with Gasteiger partial charge in [0.15, 0.2) is 0 Å². The van der Waals surface area contributed by atoms with Crippen molar-refractivity contribution in [2.24, 2.45) is 5.41 Å². The summed E-state index contributed by atoms with van der Waals surface area (Å²) in [4.78, 5) is 15.7. The minimum absolute atomic E-state index is 0.183. The molecule has 0 unspecified atom stereocenters. The molecule has 0 radical (unpaired) electrons. The molecule has 4 heteroatoms. The number of amides is 1. The molecule has 1 rings (SSSR count). The van der Waals surface area contributed by atoms with E-state index in [1.54, 1.807) is 6.92 Å². The lowest BCUT2D eigenvalue weighted by atomic mass is 9.90. The maximum absolute atomic E-state index is 11.3. The maximum atomic E-state index is 11.3. The van der Waals surface area contributed by atoms with Crippen LogP contribution in [-0.4, -0.2) is 48.4 Å². The summed E-state index contributed by atoms with van der Waals surface area (Å²) in [5.41, 5.74) is -0.211. The molecule has 4 nitrogen and oxygen atoms in total. The largest absolute Gasteiger partial charge is 0.342 e. The monoisotopic (exact) mass is 251 g/mol. The van der Waals surface area contributed by atoms with Crippen LogP contribution in [0.4, 0.5) is 0 Å². The molecule has 18 heavy (non-hydrogen) atoms. The van der Waals surface area contributed by atoms with Crippen molar-refractivity contribution in [2.45, 2.75) is 40.0 Å². The lowest BCUT2D eigenvalue weighted by Crippen LogP contribution is -2.34. The van der Waals surface area contributed by atoms with E-state index < -0.39 is 0 Å². The van der Waals surface area contributed by atoms with Crippen LogP contribution in [0.1, 0.15) is 40.0 Å². The molecule has 1 aliphatic heterocycles. The molecular formula is C14H25N3O. The van der Waals surface area contributed by atoms with E-state index in [2.05, 4.69) is 11.0 Å². The molecular weight excluding hydrogens is 226 g/mol. The summed E-state index contributed by atoms with van der Waals surface area (Å²) in [6.45, 7) is 10.4. The lowest BCUT2D eigenvalue weighted by molar-refractivity contribution is -0.128. The van der Waals surface area contributed by atoms with Gasteiger partial charge in [-0.15, -0.1) is 0 Å². The van der Waals surface area contributed by atoms with Crippen LogP contribution in [0.5, 0.6) is 0 Å². The van der Waals surface area contributed by atoms with E-state index >= 15 is 0 Å². The highest BCUT2D eigenvalue weighted by atomic mass is 16.2. The molecule has 0 aromatic carbocycles. The van der Waals surface area contributed by atoms with E-state index in [1.807, 2.05) is 18.7 Å². The van der Waals surface area contributed by atoms with Gasteiger partial charge < -0.3 is 9.80 Å². The fraction of sp³-hybridized carbons (Fsp3) is 0.857. The third kappa shape index (κ3) is 5.05. The summed E-state index contributed by atoms with van der Waals surface area (Å²) in [6, 6.07) is 2.34. The van der Waals surface area contributed by atoms with Crippen molar-refractivity contribution in [1.82, 2.24) is 9.80 Å². The van der Waals surface area contributed by atoms with E-state index in [0.29, 0.717) is 0 Å². The lowest BCUT2D eigenvalue weighted by Gasteiger charge is -2.22. The highest BCUT2D eigenvalue weighted by molar-refractivity contribution is 5.73. The van der Waals surface area contributed by atoms with Crippen molar-refractivity contribution in [3.8, 4) is 6.07 Å². The highest BCUT2D eigenvalue weighted by Gasteiger charge is 2.19. The fourth-order valence-corrected chi connectivity index (χ4v) is 2.31. The molecule has 0 spiro atoms. The van der Waals surface area contributed by atoms with E-state index in [-0.39, 0.29) is 11.3 Å². The van der Waals surface area contributed by atoms with Gasteiger partial charge >= 0.3 is 0 Å². The summed E-state index contributed by atoms with van der Waals surface area (Å²) in [5, 5.41) is 8.96. The van der Waals surface area contributed by atoms with Crippen LogP contribution < -0.4 is 0 Å². The van der Waals surface area contributed by atoms with Gasteiger partial charge in [0.25, 0.3) is 0 Å². The summed E-state index contributed by atoms with van der Waals surface area (Å²) in [7, 11) is 0. The predicted molar refractivity (Wildman–Crippen MR) is 71.9 cm³/mol. The molecule has 0 bridgehead atoms. The standard InChI is InChI=1S/C14H25N3O/c1-13(18)17-9-5-8-16(10-11-17)7-4-6-14(2,3)12-15/h4-11H2,1-3H3. The quantitative estimate of drug-likeness (QED) is 0.766. The number of hydrogen-bond donors (Lipinski definition) is 0. The van der Waals surface area contributed by atoms with Crippen LogP contribution in [0.3, 0.4) is 0 Å². The first-order valence-electron chi connectivity index (χ1n) is 6.84. The fourth-order valence-electron chi connectivity index (χ4n) is 2.31. The van der Waals surface area contributed by atoms with E-state index in [9.17, 15) is 4.79 Å². The smallest absolute Gasteiger partial charge is 0.219 e. The van der Waals surface area contributed by atoms with Crippen LogP contribution >= 0.6 is 0 Å². The molecule has 0 atom stereocenters. The van der Waals surface area contributed by atoms with Crippen molar-refractivity contribution in [3.63, 3.8) is 0 Å². The summed E-state index contributed by atoms with van der Waals surface area (Å²) >= 11 is 0. The third-order valence-electron chi connectivity index (χ3n) is 3.61. The van der Waals surface area contributed by atoms with Gasteiger partial charge in [0.05, 0.1) is 11.5 Å². The van der Waals surface area contributed by atoms with Crippen LogP contribution in [-0.2, 0) is 4.79 Å². The van der Waals surface area contributed by atoms with Gasteiger partial charge in [-0.3, -0.25) is 4.79 Å². The van der Waals surface area contributed by atoms with Crippen LogP contribution in [0.2, 0.25) is 0 Å². The Kier molecular flexibility index (Phi) is 5.61. The normalized spacial score (nSPS) is 18.2. The molecule has 0 N–H and O–H groups in total. The molecule has 102 valence electrons.